The summed E-state index contributed by atoms with van der Waals surface area (Å²) < 4.78 is 17.0. The van der Waals surface area contributed by atoms with Gasteiger partial charge in [0.1, 0.15) is 6.61 Å². The van der Waals surface area contributed by atoms with Crippen LogP contribution in [0.4, 0.5) is 0 Å². The molecule has 0 unspecified atom stereocenters. The highest BCUT2D eigenvalue weighted by Gasteiger charge is 2.25. The third kappa shape index (κ3) is 4.11. The third-order valence-corrected chi connectivity index (χ3v) is 4.49. The SMILES string of the molecule is C=CCOc1c(Br)cc(/C=C2\N=C(c3ccccc3C)OC2=O)cc1OC. The molecule has 3 rings (SSSR count). The Kier molecular flexibility index (Phi) is 5.76. The molecule has 0 saturated heterocycles. The van der Waals surface area contributed by atoms with Gasteiger partial charge in [0.2, 0.25) is 5.90 Å². The van der Waals surface area contributed by atoms with Crippen molar-refractivity contribution in [1.82, 2.24) is 0 Å². The van der Waals surface area contributed by atoms with Gasteiger partial charge < -0.3 is 14.2 Å². The summed E-state index contributed by atoms with van der Waals surface area (Å²) in [5, 5.41) is 0. The Morgan fingerprint density at radius 1 is 1.30 bits per heavy atom. The van der Waals surface area contributed by atoms with Gasteiger partial charge in [0.25, 0.3) is 0 Å². The van der Waals surface area contributed by atoms with E-state index in [0.717, 1.165) is 16.7 Å². The van der Waals surface area contributed by atoms with Gasteiger partial charge in [-0.15, -0.1) is 0 Å². The highest BCUT2D eigenvalue weighted by atomic mass is 79.9. The molecule has 1 heterocycles. The Labute approximate surface area is 166 Å². The van der Waals surface area contributed by atoms with Crippen LogP contribution in [0.2, 0.25) is 0 Å². The van der Waals surface area contributed by atoms with Crippen LogP contribution in [0, 0.1) is 6.92 Å². The van der Waals surface area contributed by atoms with Crippen LogP contribution in [0.3, 0.4) is 0 Å². The van der Waals surface area contributed by atoms with E-state index in [1.54, 1.807) is 25.3 Å². The van der Waals surface area contributed by atoms with Crippen molar-refractivity contribution in [3.05, 3.63) is 75.9 Å². The van der Waals surface area contributed by atoms with Crippen molar-refractivity contribution in [2.24, 2.45) is 4.99 Å². The molecule has 0 N–H and O–H groups in total. The molecule has 27 heavy (non-hydrogen) atoms. The number of hydrogen-bond acceptors (Lipinski definition) is 5. The van der Waals surface area contributed by atoms with E-state index in [0.29, 0.717) is 28.5 Å². The number of rotatable bonds is 6. The molecular formula is C21H18BrNO4. The number of cyclic esters (lactones) is 1. The topological polar surface area (TPSA) is 57.1 Å². The van der Waals surface area contributed by atoms with Crippen LogP contribution in [0.5, 0.6) is 11.5 Å². The Hall–Kier alpha value is -2.86. The summed E-state index contributed by atoms with van der Waals surface area (Å²) in [6, 6.07) is 11.2. The predicted octanol–water partition coefficient (Wildman–Crippen LogP) is 4.68. The number of aryl methyl sites for hydroxylation is 1. The Balaban J connectivity index is 1.96. The second-order valence-corrected chi connectivity index (χ2v) is 6.64. The second kappa shape index (κ2) is 8.22. The van der Waals surface area contributed by atoms with Crippen LogP contribution in [-0.2, 0) is 9.53 Å². The molecule has 5 nitrogen and oxygen atoms in total. The fourth-order valence-corrected chi connectivity index (χ4v) is 3.17. The van der Waals surface area contributed by atoms with Crippen LogP contribution in [0.15, 0.2) is 64.2 Å². The lowest BCUT2D eigenvalue weighted by Gasteiger charge is -2.12. The summed E-state index contributed by atoms with van der Waals surface area (Å²) in [6.07, 6.45) is 3.30. The number of nitrogens with zero attached hydrogens (tertiary/aromatic N) is 1. The summed E-state index contributed by atoms with van der Waals surface area (Å²) >= 11 is 3.47. The van der Waals surface area contributed by atoms with Crippen LogP contribution >= 0.6 is 15.9 Å². The van der Waals surface area contributed by atoms with Gasteiger partial charge in [0, 0.05) is 5.56 Å². The first-order valence-corrected chi connectivity index (χ1v) is 9.02. The molecule has 2 aromatic carbocycles. The van der Waals surface area contributed by atoms with E-state index in [4.69, 9.17) is 14.2 Å². The molecule has 0 radical (unpaired) electrons. The van der Waals surface area contributed by atoms with Crippen molar-refractivity contribution in [2.45, 2.75) is 6.92 Å². The number of esters is 1. The maximum atomic E-state index is 12.2. The molecule has 2 aromatic rings. The number of ether oxygens (including phenoxy) is 3. The largest absolute Gasteiger partial charge is 0.493 e. The predicted molar refractivity (Wildman–Crippen MR) is 108 cm³/mol. The highest BCUT2D eigenvalue weighted by molar-refractivity contribution is 9.10. The van der Waals surface area contributed by atoms with Crippen LogP contribution in [-0.4, -0.2) is 25.6 Å². The van der Waals surface area contributed by atoms with Crippen molar-refractivity contribution in [2.75, 3.05) is 13.7 Å². The van der Waals surface area contributed by atoms with E-state index < -0.39 is 5.97 Å². The first-order chi connectivity index (χ1) is 13.0. The lowest BCUT2D eigenvalue weighted by Crippen LogP contribution is -2.06. The Morgan fingerprint density at radius 2 is 2.07 bits per heavy atom. The zero-order valence-corrected chi connectivity index (χ0v) is 16.6. The number of hydrogen-bond donors (Lipinski definition) is 0. The maximum Gasteiger partial charge on any atom is 0.363 e. The molecule has 1 aliphatic rings. The molecule has 0 fully saturated rings. The summed E-state index contributed by atoms with van der Waals surface area (Å²) in [4.78, 5) is 16.6. The zero-order chi connectivity index (χ0) is 19.4. The van der Waals surface area contributed by atoms with E-state index in [1.165, 1.54) is 0 Å². The molecular weight excluding hydrogens is 410 g/mol. The van der Waals surface area contributed by atoms with E-state index in [9.17, 15) is 4.79 Å². The quantitative estimate of drug-likeness (QED) is 0.381. The van der Waals surface area contributed by atoms with Crippen LogP contribution in [0.25, 0.3) is 6.08 Å². The van der Waals surface area contributed by atoms with Gasteiger partial charge in [0.15, 0.2) is 17.2 Å². The Bertz CT molecular complexity index is 963. The zero-order valence-electron chi connectivity index (χ0n) is 15.0. The lowest BCUT2D eigenvalue weighted by molar-refractivity contribution is -0.129. The third-order valence-electron chi connectivity index (χ3n) is 3.90. The molecule has 0 aliphatic carbocycles. The van der Waals surface area contributed by atoms with Gasteiger partial charge in [-0.3, -0.25) is 0 Å². The van der Waals surface area contributed by atoms with Gasteiger partial charge in [-0.1, -0.05) is 30.9 Å². The number of aliphatic imine (C=N–C) groups is 1. The normalized spacial score (nSPS) is 14.7. The fourth-order valence-electron chi connectivity index (χ4n) is 2.60. The van der Waals surface area contributed by atoms with Crippen LogP contribution < -0.4 is 9.47 Å². The average Bonchev–Trinajstić information content (AvgIpc) is 3.01. The first-order valence-electron chi connectivity index (χ1n) is 8.23. The van der Waals surface area contributed by atoms with Crippen molar-refractivity contribution in [3.63, 3.8) is 0 Å². The summed E-state index contributed by atoms with van der Waals surface area (Å²) in [5.74, 6) is 0.918. The van der Waals surface area contributed by atoms with Gasteiger partial charge in [-0.2, -0.15) is 0 Å². The molecule has 0 atom stereocenters. The number of halogens is 1. The van der Waals surface area contributed by atoms with Crippen molar-refractivity contribution in [3.8, 4) is 11.5 Å². The molecule has 138 valence electrons. The maximum absolute atomic E-state index is 12.2. The number of methoxy groups -OCH3 is 1. The van der Waals surface area contributed by atoms with Crippen molar-refractivity contribution >= 4 is 33.9 Å². The minimum atomic E-state index is -0.490. The number of carbonyl (C=O) groups is 1. The summed E-state index contributed by atoms with van der Waals surface area (Å²) in [6.45, 7) is 5.93. The number of benzene rings is 2. The minimum Gasteiger partial charge on any atom is -0.493 e. The van der Waals surface area contributed by atoms with Crippen LogP contribution in [0.1, 0.15) is 16.7 Å². The second-order valence-electron chi connectivity index (χ2n) is 5.78. The molecule has 0 saturated carbocycles. The van der Waals surface area contributed by atoms with E-state index in [-0.39, 0.29) is 5.70 Å². The standard InChI is InChI=1S/C21H18BrNO4/c1-4-9-26-19-16(22)10-14(12-18(19)25-3)11-17-21(24)27-20(23-17)15-8-6-5-7-13(15)2/h4-8,10-12H,1,9H2,2-3H3/b17-11-. The molecule has 0 spiro atoms. The van der Waals surface area contributed by atoms with Gasteiger partial charge in [0.05, 0.1) is 11.6 Å². The smallest absolute Gasteiger partial charge is 0.363 e. The Morgan fingerprint density at radius 3 is 2.78 bits per heavy atom. The number of carbonyl (C=O) groups excluding carboxylic acids is 1. The fraction of sp³-hybridized carbons (Fsp3) is 0.143. The van der Waals surface area contributed by atoms with Gasteiger partial charge in [-0.05, 0) is 58.3 Å². The van der Waals surface area contributed by atoms with Gasteiger partial charge >= 0.3 is 5.97 Å². The summed E-state index contributed by atoms with van der Waals surface area (Å²) in [7, 11) is 1.55. The van der Waals surface area contributed by atoms with E-state index >= 15 is 0 Å². The van der Waals surface area contributed by atoms with E-state index in [1.807, 2.05) is 37.3 Å². The van der Waals surface area contributed by atoms with Gasteiger partial charge in [-0.25, -0.2) is 9.79 Å². The van der Waals surface area contributed by atoms with E-state index in [2.05, 4.69) is 27.5 Å². The lowest BCUT2D eigenvalue weighted by atomic mass is 10.1. The van der Waals surface area contributed by atoms with Crippen molar-refractivity contribution < 1.29 is 19.0 Å². The minimum absolute atomic E-state index is 0.224. The average molecular weight is 428 g/mol. The molecule has 0 amide bonds. The molecule has 1 aliphatic heterocycles. The molecule has 0 aromatic heterocycles. The van der Waals surface area contributed by atoms with Crippen molar-refractivity contribution in [1.29, 1.82) is 0 Å². The monoisotopic (exact) mass is 427 g/mol. The summed E-state index contributed by atoms with van der Waals surface area (Å²) in [5.41, 5.74) is 2.73. The first kappa shape index (κ1) is 18.9. The molecule has 0 bridgehead atoms. The highest BCUT2D eigenvalue weighted by Crippen LogP contribution is 2.37. The molecule has 6 heteroatoms.